The van der Waals surface area contributed by atoms with Gasteiger partial charge in [-0.2, -0.15) is 13.2 Å². The molecule has 29 heavy (non-hydrogen) atoms. The van der Waals surface area contributed by atoms with E-state index in [-0.39, 0.29) is 0 Å². The van der Waals surface area contributed by atoms with Crippen molar-refractivity contribution in [3.05, 3.63) is 35.4 Å². The van der Waals surface area contributed by atoms with E-state index in [0.717, 1.165) is 5.92 Å². The molecule has 1 heterocycles. The minimum atomic E-state index is -5.08. The van der Waals surface area contributed by atoms with E-state index in [1.165, 1.54) is 75.6 Å². The number of likely N-dealkylation sites (tertiary alicyclic amines) is 1. The van der Waals surface area contributed by atoms with Crippen LogP contribution < -0.4 is 0 Å². The Balaban J connectivity index is 0.000000370. The smallest absolute Gasteiger partial charge is 0.475 e. The average molecular weight is 409 g/mol. The predicted octanol–water partition coefficient (Wildman–Crippen LogP) is 5.41. The Morgan fingerprint density at radius 2 is 1.55 bits per heavy atom. The maximum Gasteiger partial charge on any atom is 0.490 e. The van der Waals surface area contributed by atoms with E-state index in [2.05, 4.69) is 47.9 Å². The molecule has 0 radical (unpaired) electrons. The standard InChI is InChI=1S/C21H29N.C2HF3O2/c1-18-10-12-19(13-11-18)14-15-21(20-8-4-5-9-20)22-16-6-2-3-7-17-22;3-2(4,5)1(6)7/h10-13,20-21H,2-9,16-17H2,1H3;(H,6,7). The average Bonchev–Trinajstić information content (AvgIpc) is 3.06. The summed E-state index contributed by atoms with van der Waals surface area (Å²) in [7, 11) is 0. The third-order valence-electron chi connectivity index (χ3n) is 5.54. The summed E-state index contributed by atoms with van der Waals surface area (Å²) in [5.74, 6) is 5.19. The number of nitrogens with zero attached hydrogens (tertiary/aromatic N) is 1. The second-order valence-electron chi connectivity index (χ2n) is 7.88. The van der Waals surface area contributed by atoms with Crippen LogP contribution in [-0.4, -0.2) is 41.3 Å². The number of carboxylic acid groups (broad SMARTS) is 1. The Kier molecular flexibility index (Phi) is 9.03. The first-order valence-corrected chi connectivity index (χ1v) is 10.4. The van der Waals surface area contributed by atoms with E-state index in [1.54, 1.807) is 0 Å². The fourth-order valence-electron chi connectivity index (χ4n) is 3.95. The first-order valence-electron chi connectivity index (χ1n) is 10.4. The summed E-state index contributed by atoms with van der Waals surface area (Å²) >= 11 is 0. The van der Waals surface area contributed by atoms with Crippen molar-refractivity contribution < 1.29 is 23.1 Å². The lowest BCUT2D eigenvalue weighted by Crippen LogP contribution is -2.39. The molecule has 0 aromatic heterocycles. The molecule has 160 valence electrons. The molecular formula is C23H30F3NO2. The van der Waals surface area contributed by atoms with Gasteiger partial charge in [0.15, 0.2) is 0 Å². The first kappa shape index (κ1) is 23.3. The Labute approximate surface area is 171 Å². The Morgan fingerprint density at radius 1 is 1.03 bits per heavy atom. The van der Waals surface area contributed by atoms with Crippen molar-refractivity contribution in [1.82, 2.24) is 4.90 Å². The van der Waals surface area contributed by atoms with E-state index in [0.29, 0.717) is 6.04 Å². The van der Waals surface area contributed by atoms with Gasteiger partial charge in [0.05, 0.1) is 6.04 Å². The third kappa shape index (κ3) is 8.10. The Morgan fingerprint density at radius 3 is 2.03 bits per heavy atom. The molecule has 3 rings (SSSR count). The van der Waals surface area contributed by atoms with Crippen LogP contribution >= 0.6 is 0 Å². The number of carbonyl (C=O) groups is 1. The molecule has 1 aromatic carbocycles. The molecule has 2 aliphatic rings. The van der Waals surface area contributed by atoms with Crippen molar-refractivity contribution in [2.75, 3.05) is 13.1 Å². The lowest BCUT2D eigenvalue weighted by molar-refractivity contribution is -0.192. The van der Waals surface area contributed by atoms with Crippen LogP contribution in [0.4, 0.5) is 13.2 Å². The number of benzene rings is 1. The SMILES string of the molecule is Cc1ccc(C#CC(C2CCCC2)N2CCCCCC2)cc1.O=C(O)C(F)(F)F. The highest BCUT2D eigenvalue weighted by molar-refractivity contribution is 5.73. The number of rotatable bonds is 2. The van der Waals surface area contributed by atoms with E-state index in [1.807, 2.05) is 0 Å². The van der Waals surface area contributed by atoms with Gasteiger partial charge in [0.1, 0.15) is 0 Å². The molecule has 1 N–H and O–H groups in total. The third-order valence-corrected chi connectivity index (χ3v) is 5.54. The highest BCUT2D eigenvalue weighted by atomic mass is 19.4. The number of hydrogen-bond acceptors (Lipinski definition) is 2. The van der Waals surface area contributed by atoms with E-state index >= 15 is 0 Å². The van der Waals surface area contributed by atoms with E-state index < -0.39 is 12.1 Å². The maximum absolute atomic E-state index is 10.6. The van der Waals surface area contributed by atoms with Gasteiger partial charge in [0, 0.05) is 5.56 Å². The minimum Gasteiger partial charge on any atom is -0.475 e. The van der Waals surface area contributed by atoms with Gasteiger partial charge in [0.2, 0.25) is 0 Å². The number of aliphatic carboxylic acids is 1. The molecule has 0 amide bonds. The molecule has 2 fully saturated rings. The van der Waals surface area contributed by atoms with Gasteiger partial charge < -0.3 is 5.11 Å². The number of halogens is 3. The van der Waals surface area contributed by atoms with Gasteiger partial charge >= 0.3 is 12.1 Å². The highest BCUT2D eigenvalue weighted by Crippen LogP contribution is 2.31. The number of hydrogen-bond donors (Lipinski definition) is 1. The second kappa shape index (κ2) is 11.3. The fourth-order valence-corrected chi connectivity index (χ4v) is 3.95. The summed E-state index contributed by atoms with van der Waals surface area (Å²) in [5.41, 5.74) is 2.48. The van der Waals surface area contributed by atoms with E-state index in [4.69, 9.17) is 9.90 Å². The monoisotopic (exact) mass is 409 g/mol. The zero-order valence-electron chi connectivity index (χ0n) is 17.0. The van der Waals surface area contributed by atoms with Crippen LogP contribution in [0.1, 0.15) is 62.5 Å². The first-order chi connectivity index (χ1) is 13.8. The van der Waals surface area contributed by atoms with Crippen LogP contribution in [0.5, 0.6) is 0 Å². The van der Waals surface area contributed by atoms with Crippen LogP contribution in [0, 0.1) is 24.7 Å². The molecule has 1 aliphatic carbocycles. The van der Waals surface area contributed by atoms with Crippen molar-refractivity contribution >= 4 is 5.97 Å². The van der Waals surface area contributed by atoms with E-state index in [9.17, 15) is 13.2 Å². The lowest BCUT2D eigenvalue weighted by Gasteiger charge is -2.31. The van der Waals surface area contributed by atoms with Crippen LogP contribution in [-0.2, 0) is 4.79 Å². The summed E-state index contributed by atoms with van der Waals surface area (Å²) in [5, 5.41) is 7.12. The van der Waals surface area contributed by atoms with Gasteiger partial charge in [-0.25, -0.2) is 4.79 Å². The normalized spacial score (nSPS) is 19.3. The summed E-state index contributed by atoms with van der Waals surface area (Å²) in [6.07, 6.45) is 6.00. The lowest BCUT2D eigenvalue weighted by atomic mass is 9.96. The quantitative estimate of drug-likeness (QED) is 0.664. The Hall–Kier alpha value is -2.00. The molecule has 1 saturated carbocycles. The number of carboxylic acids is 1. The van der Waals surface area contributed by atoms with Crippen molar-refractivity contribution in [3.8, 4) is 11.8 Å². The number of alkyl halides is 3. The maximum atomic E-state index is 10.6. The van der Waals surface area contributed by atoms with Crippen molar-refractivity contribution in [2.45, 2.75) is 70.5 Å². The minimum absolute atomic E-state index is 0.488. The van der Waals surface area contributed by atoms with Crippen LogP contribution in [0.3, 0.4) is 0 Å². The van der Waals surface area contributed by atoms with Crippen LogP contribution in [0.15, 0.2) is 24.3 Å². The molecule has 1 aromatic rings. The van der Waals surface area contributed by atoms with Crippen LogP contribution in [0.2, 0.25) is 0 Å². The number of aryl methyl sites for hydroxylation is 1. The Bertz CT molecular complexity index is 690. The van der Waals surface area contributed by atoms with Gasteiger partial charge in [0.25, 0.3) is 0 Å². The summed E-state index contributed by atoms with van der Waals surface area (Å²) < 4.78 is 31.7. The molecule has 1 atom stereocenters. The molecule has 1 saturated heterocycles. The van der Waals surface area contributed by atoms with Crippen molar-refractivity contribution in [2.24, 2.45) is 5.92 Å². The van der Waals surface area contributed by atoms with Gasteiger partial charge in [-0.15, -0.1) is 0 Å². The van der Waals surface area contributed by atoms with Crippen LogP contribution in [0.25, 0.3) is 0 Å². The molecule has 0 bridgehead atoms. The predicted molar refractivity (Wildman–Crippen MR) is 108 cm³/mol. The molecule has 0 spiro atoms. The van der Waals surface area contributed by atoms with Crippen molar-refractivity contribution in [3.63, 3.8) is 0 Å². The molecule has 1 aliphatic heterocycles. The summed E-state index contributed by atoms with van der Waals surface area (Å²) in [6.45, 7) is 4.64. The summed E-state index contributed by atoms with van der Waals surface area (Å²) in [4.78, 5) is 11.6. The summed E-state index contributed by atoms with van der Waals surface area (Å²) in [6, 6.07) is 9.15. The zero-order chi connectivity index (χ0) is 21.3. The highest BCUT2D eigenvalue weighted by Gasteiger charge is 2.38. The van der Waals surface area contributed by atoms with Crippen molar-refractivity contribution in [1.29, 1.82) is 0 Å². The van der Waals surface area contributed by atoms with Gasteiger partial charge in [-0.1, -0.05) is 55.2 Å². The van der Waals surface area contributed by atoms with Gasteiger partial charge in [-0.05, 0) is 63.7 Å². The molecule has 1 unspecified atom stereocenters. The molecular weight excluding hydrogens is 379 g/mol. The molecule has 3 nitrogen and oxygen atoms in total. The molecule has 6 heteroatoms. The fraction of sp³-hybridized carbons (Fsp3) is 0.609. The van der Waals surface area contributed by atoms with Gasteiger partial charge in [-0.3, -0.25) is 4.90 Å². The second-order valence-corrected chi connectivity index (χ2v) is 7.88. The zero-order valence-corrected chi connectivity index (χ0v) is 17.0. The largest absolute Gasteiger partial charge is 0.490 e. The topological polar surface area (TPSA) is 40.5 Å².